The van der Waals surface area contributed by atoms with E-state index in [1.165, 1.54) is 0 Å². The third kappa shape index (κ3) is 2.48. The number of carboxylic acid groups (broad SMARTS) is 1. The van der Waals surface area contributed by atoms with E-state index < -0.39 is 11.4 Å². The van der Waals surface area contributed by atoms with Crippen molar-refractivity contribution in [3.63, 3.8) is 0 Å². The van der Waals surface area contributed by atoms with Gasteiger partial charge in [0, 0.05) is 0 Å². The molecule has 0 spiro atoms. The summed E-state index contributed by atoms with van der Waals surface area (Å²) >= 11 is 0. The zero-order valence-electron chi connectivity index (χ0n) is 11.7. The summed E-state index contributed by atoms with van der Waals surface area (Å²) in [6, 6.07) is 6.92. The van der Waals surface area contributed by atoms with Crippen LogP contribution in [0.25, 0.3) is 0 Å². The summed E-state index contributed by atoms with van der Waals surface area (Å²) in [5.41, 5.74) is 0.277. The molecule has 1 amide bonds. The van der Waals surface area contributed by atoms with Crippen molar-refractivity contribution in [3.8, 4) is 5.75 Å². The predicted molar refractivity (Wildman–Crippen MR) is 73.4 cm³/mol. The second-order valence-electron chi connectivity index (χ2n) is 5.05. The summed E-state index contributed by atoms with van der Waals surface area (Å²) in [5.74, 6) is -0.189. The third-order valence-corrected chi connectivity index (χ3v) is 4.01. The van der Waals surface area contributed by atoms with E-state index in [0.29, 0.717) is 5.75 Å². The molecule has 1 unspecified atom stereocenters. The number of carboxylic acids is 1. The molecule has 0 saturated carbocycles. The van der Waals surface area contributed by atoms with E-state index in [4.69, 9.17) is 9.84 Å². The maximum absolute atomic E-state index is 11.7. The molecule has 1 aromatic carbocycles. The summed E-state index contributed by atoms with van der Waals surface area (Å²) < 4.78 is 5.80. The van der Waals surface area contributed by atoms with Gasteiger partial charge < -0.3 is 15.2 Å². The van der Waals surface area contributed by atoms with Crippen LogP contribution in [0.15, 0.2) is 24.3 Å². The maximum atomic E-state index is 11.7. The molecule has 1 aliphatic heterocycles. The summed E-state index contributed by atoms with van der Waals surface area (Å²) in [6.07, 6.45) is 1.15. The third-order valence-electron chi connectivity index (χ3n) is 4.01. The molecule has 5 heteroatoms. The van der Waals surface area contributed by atoms with Gasteiger partial charge in [0.1, 0.15) is 11.2 Å². The second kappa shape index (κ2) is 5.53. The number of rotatable bonds is 6. The Bertz CT molecular complexity index is 505. The fraction of sp³-hybridized carbons (Fsp3) is 0.467. The molecular formula is C15H19NO4. The van der Waals surface area contributed by atoms with E-state index in [9.17, 15) is 9.59 Å². The van der Waals surface area contributed by atoms with Gasteiger partial charge in [0.15, 0.2) is 6.23 Å². The Kier molecular flexibility index (Phi) is 3.97. The number of ether oxygens (including phenoxy) is 1. The molecule has 1 aliphatic rings. The van der Waals surface area contributed by atoms with Crippen LogP contribution in [-0.2, 0) is 16.0 Å². The topological polar surface area (TPSA) is 75.6 Å². The molecule has 20 heavy (non-hydrogen) atoms. The molecule has 1 atom stereocenters. The van der Waals surface area contributed by atoms with Crippen molar-refractivity contribution < 1.29 is 19.4 Å². The number of β-lactam (4-membered cyclic amide) rings is 1. The van der Waals surface area contributed by atoms with Crippen molar-refractivity contribution in [2.75, 3.05) is 0 Å². The molecule has 2 N–H and O–H groups in total. The Morgan fingerprint density at radius 2 is 1.90 bits per heavy atom. The summed E-state index contributed by atoms with van der Waals surface area (Å²) in [4.78, 5) is 22.3. The van der Waals surface area contributed by atoms with E-state index in [1.54, 1.807) is 24.3 Å². The summed E-state index contributed by atoms with van der Waals surface area (Å²) in [6.45, 7) is 3.96. The lowest BCUT2D eigenvalue weighted by atomic mass is 9.73. The molecule has 1 aromatic rings. The van der Waals surface area contributed by atoms with Gasteiger partial charge >= 0.3 is 5.97 Å². The van der Waals surface area contributed by atoms with Gasteiger partial charge in [-0.25, -0.2) is 0 Å². The van der Waals surface area contributed by atoms with Crippen LogP contribution in [0.4, 0.5) is 0 Å². The van der Waals surface area contributed by atoms with E-state index in [1.807, 2.05) is 13.8 Å². The zero-order valence-corrected chi connectivity index (χ0v) is 11.7. The van der Waals surface area contributed by atoms with Crippen LogP contribution in [-0.4, -0.2) is 23.2 Å². The van der Waals surface area contributed by atoms with Gasteiger partial charge in [-0.05, 0) is 30.5 Å². The van der Waals surface area contributed by atoms with Crippen LogP contribution in [0.2, 0.25) is 0 Å². The maximum Gasteiger partial charge on any atom is 0.307 e. The Morgan fingerprint density at radius 1 is 1.30 bits per heavy atom. The first kappa shape index (κ1) is 14.4. The molecule has 0 radical (unpaired) electrons. The van der Waals surface area contributed by atoms with Crippen molar-refractivity contribution in [2.45, 2.75) is 39.3 Å². The minimum atomic E-state index is -0.860. The fourth-order valence-electron chi connectivity index (χ4n) is 2.52. The standard InChI is InChI=1S/C15H19NO4/c1-3-15(4-2)13(19)16-14(15)20-11-7-5-10(6-8-11)9-12(17)18/h5-8,14H,3-4,9H2,1-2H3,(H,16,19)(H,17,18). The van der Waals surface area contributed by atoms with Gasteiger partial charge in [0.2, 0.25) is 5.91 Å². The molecule has 2 rings (SSSR count). The van der Waals surface area contributed by atoms with Crippen LogP contribution in [0.3, 0.4) is 0 Å². The first-order valence-electron chi connectivity index (χ1n) is 6.80. The van der Waals surface area contributed by atoms with Gasteiger partial charge in [-0.2, -0.15) is 0 Å². The van der Waals surface area contributed by atoms with Crippen LogP contribution in [0.1, 0.15) is 32.3 Å². The van der Waals surface area contributed by atoms with Gasteiger partial charge in [0.05, 0.1) is 6.42 Å². The molecular weight excluding hydrogens is 258 g/mol. The Labute approximate surface area is 117 Å². The number of amides is 1. The van der Waals surface area contributed by atoms with Crippen molar-refractivity contribution >= 4 is 11.9 Å². The van der Waals surface area contributed by atoms with E-state index in [2.05, 4.69) is 5.32 Å². The first-order chi connectivity index (χ1) is 9.51. The van der Waals surface area contributed by atoms with Crippen molar-refractivity contribution in [2.24, 2.45) is 5.41 Å². The predicted octanol–water partition coefficient (Wildman–Crippen LogP) is 1.95. The number of nitrogens with one attached hydrogen (secondary N) is 1. The molecule has 0 aliphatic carbocycles. The monoisotopic (exact) mass is 277 g/mol. The number of carbonyl (C=O) groups is 2. The lowest BCUT2D eigenvalue weighted by molar-refractivity contribution is -0.161. The lowest BCUT2D eigenvalue weighted by Crippen LogP contribution is -2.69. The van der Waals surface area contributed by atoms with Crippen molar-refractivity contribution in [1.29, 1.82) is 0 Å². The van der Waals surface area contributed by atoms with Crippen molar-refractivity contribution in [3.05, 3.63) is 29.8 Å². The highest BCUT2D eigenvalue weighted by atomic mass is 16.5. The van der Waals surface area contributed by atoms with Gasteiger partial charge in [-0.1, -0.05) is 26.0 Å². The van der Waals surface area contributed by atoms with Gasteiger partial charge in [-0.15, -0.1) is 0 Å². The van der Waals surface area contributed by atoms with Gasteiger partial charge in [0.25, 0.3) is 0 Å². The van der Waals surface area contributed by atoms with Crippen molar-refractivity contribution in [1.82, 2.24) is 5.32 Å². The van der Waals surface area contributed by atoms with E-state index >= 15 is 0 Å². The zero-order chi connectivity index (χ0) is 14.8. The molecule has 1 saturated heterocycles. The highest BCUT2D eigenvalue weighted by Crippen LogP contribution is 2.39. The van der Waals surface area contributed by atoms with Gasteiger partial charge in [-0.3, -0.25) is 9.59 Å². The number of benzene rings is 1. The second-order valence-corrected chi connectivity index (χ2v) is 5.05. The highest BCUT2D eigenvalue weighted by molar-refractivity contribution is 5.89. The van der Waals surface area contributed by atoms with E-state index in [0.717, 1.165) is 18.4 Å². The number of hydrogen-bond acceptors (Lipinski definition) is 3. The minimum Gasteiger partial charge on any atom is -0.481 e. The lowest BCUT2D eigenvalue weighted by Gasteiger charge is -2.47. The Morgan fingerprint density at radius 3 is 2.35 bits per heavy atom. The number of aliphatic carboxylic acids is 1. The minimum absolute atomic E-state index is 0.00565. The van der Waals surface area contributed by atoms with Crippen LogP contribution in [0, 0.1) is 5.41 Å². The molecule has 108 valence electrons. The summed E-state index contributed by atoms with van der Waals surface area (Å²) in [7, 11) is 0. The molecule has 0 aromatic heterocycles. The Hall–Kier alpha value is -2.04. The number of carbonyl (C=O) groups excluding carboxylic acids is 1. The average molecular weight is 277 g/mol. The van der Waals surface area contributed by atoms with Crippen LogP contribution in [0.5, 0.6) is 5.75 Å². The summed E-state index contributed by atoms with van der Waals surface area (Å²) in [5, 5.41) is 11.5. The highest BCUT2D eigenvalue weighted by Gasteiger charge is 2.54. The quantitative estimate of drug-likeness (QED) is 0.779. The van der Waals surface area contributed by atoms with Crippen LogP contribution < -0.4 is 10.1 Å². The molecule has 1 heterocycles. The first-order valence-corrected chi connectivity index (χ1v) is 6.80. The molecule has 0 bridgehead atoms. The number of hydrogen-bond donors (Lipinski definition) is 2. The average Bonchev–Trinajstić information content (AvgIpc) is 2.41. The Balaban J connectivity index is 2.04. The normalized spacial score (nSPS) is 19.9. The SMILES string of the molecule is CCC1(CC)C(=O)NC1Oc1ccc(CC(=O)O)cc1. The fourth-order valence-corrected chi connectivity index (χ4v) is 2.52. The molecule has 5 nitrogen and oxygen atoms in total. The largest absolute Gasteiger partial charge is 0.481 e. The smallest absolute Gasteiger partial charge is 0.307 e. The molecule has 1 fully saturated rings. The van der Waals surface area contributed by atoms with E-state index in [-0.39, 0.29) is 18.6 Å². The van der Waals surface area contributed by atoms with Crippen LogP contribution >= 0.6 is 0 Å².